The van der Waals surface area contributed by atoms with Crippen LogP contribution in [0.1, 0.15) is 43.2 Å². The molecule has 0 radical (unpaired) electrons. The Bertz CT molecular complexity index is 961. The molecule has 1 N–H and O–H groups in total. The van der Waals surface area contributed by atoms with Gasteiger partial charge < -0.3 is 28.4 Å². The van der Waals surface area contributed by atoms with E-state index in [1.165, 1.54) is 17.7 Å². The molecule has 0 amide bonds. The molecule has 166 valence electrons. The van der Waals surface area contributed by atoms with E-state index in [9.17, 15) is 0 Å². The number of benzene rings is 2. The minimum atomic E-state index is -0.331. The molecule has 3 aliphatic rings. The van der Waals surface area contributed by atoms with Crippen molar-refractivity contribution >= 4 is 0 Å². The summed E-state index contributed by atoms with van der Waals surface area (Å²) in [5.74, 6) is 4.35. The van der Waals surface area contributed by atoms with E-state index in [0.29, 0.717) is 17.2 Å². The van der Waals surface area contributed by atoms with Crippen LogP contribution in [0.5, 0.6) is 34.5 Å². The highest BCUT2D eigenvalue weighted by molar-refractivity contribution is 5.59. The van der Waals surface area contributed by atoms with Crippen LogP contribution in [0.25, 0.3) is 0 Å². The largest absolute Gasteiger partial charge is 0.493 e. The summed E-state index contributed by atoms with van der Waals surface area (Å²) >= 11 is 0. The average molecular weight is 429 g/mol. The van der Waals surface area contributed by atoms with E-state index in [1.54, 1.807) is 21.3 Å². The van der Waals surface area contributed by atoms with Crippen molar-refractivity contribution in [2.45, 2.75) is 37.8 Å². The van der Waals surface area contributed by atoms with Crippen LogP contribution < -0.4 is 33.3 Å². The lowest BCUT2D eigenvalue weighted by Gasteiger charge is -2.42. The van der Waals surface area contributed by atoms with Crippen LogP contribution in [0.15, 0.2) is 24.3 Å². The van der Waals surface area contributed by atoms with Crippen molar-refractivity contribution in [3.8, 4) is 34.5 Å². The van der Waals surface area contributed by atoms with Crippen LogP contribution in [0.4, 0.5) is 0 Å². The number of rotatable bonds is 5. The molecule has 7 heteroatoms. The first-order chi connectivity index (χ1) is 15.1. The second-order valence-electron chi connectivity index (χ2n) is 8.60. The van der Waals surface area contributed by atoms with Gasteiger partial charge in [0.25, 0.3) is 0 Å². The number of methoxy groups -OCH3 is 3. The average Bonchev–Trinajstić information content (AvgIpc) is 3.48. The standard InChI is InChI=1S/C24H29NO6/c1-24(25-7-5-6-8-25)13-17(15-9-21(26-2)23(28-4)22(10-15)27-3)16-11-19-20(30-14-29-19)12-18(16)31-24/h9-12,17H,5-8,13-14H2,1-4H3/p+1/t17-,24+/m0/s1. The van der Waals surface area contributed by atoms with Crippen molar-refractivity contribution in [2.75, 3.05) is 41.2 Å². The Balaban J connectivity index is 1.65. The molecule has 1 fully saturated rings. The number of likely N-dealkylation sites (tertiary alicyclic amines) is 1. The minimum Gasteiger partial charge on any atom is -0.493 e. The van der Waals surface area contributed by atoms with Crippen LogP contribution in [0, 0.1) is 0 Å². The van der Waals surface area contributed by atoms with Crippen LogP contribution in [0.2, 0.25) is 0 Å². The molecule has 5 rings (SSSR count). The van der Waals surface area contributed by atoms with Crippen LogP contribution in [0.3, 0.4) is 0 Å². The second kappa shape index (κ2) is 7.71. The normalized spacial score (nSPS) is 24.5. The van der Waals surface area contributed by atoms with Gasteiger partial charge in [0.15, 0.2) is 23.0 Å². The van der Waals surface area contributed by atoms with E-state index in [0.717, 1.165) is 47.9 Å². The number of nitrogens with one attached hydrogen (secondary N) is 1. The first-order valence-corrected chi connectivity index (χ1v) is 10.8. The summed E-state index contributed by atoms with van der Waals surface area (Å²) in [6, 6.07) is 8.14. The smallest absolute Gasteiger partial charge is 0.239 e. The molecular formula is C24H30NO6+. The van der Waals surface area contributed by atoms with Crippen molar-refractivity contribution in [1.82, 2.24) is 0 Å². The summed E-state index contributed by atoms with van der Waals surface area (Å²) in [5, 5.41) is 0. The van der Waals surface area contributed by atoms with Crippen molar-refractivity contribution in [3.63, 3.8) is 0 Å². The highest BCUT2D eigenvalue weighted by atomic mass is 16.7. The van der Waals surface area contributed by atoms with E-state index >= 15 is 0 Å². The highest BCUT2D eigenvalue weighted by Crippen LogP contribution is 2.50. The summed E-state index contributed by atoms with van der Waals surface area (Å²) in [4.78, 5) is 1.49. The third-order valence-corrected chi connectivity index (χ3v) is 6.85. The zero-order valence-corrected chi connectivity index (χ0v) is 18.6. The predicted octanol–water partition coefficient (Wildman–Crippen LogP) is 2.75. The van der Waals surface area contributed by atoms with Crippen molar-refractivity contribution < 1.29 is 33.3 Å². The highest BCUT2D eigenvalue weighted by Gasteiger charge is 2.47. The molecule has 0 bridgehead atoms. The van der Waals surface area contributed by atoms with Gasteiger partial charge in [-0.3, -0.25) is 4.90 Å². The third-order valence-electron chi connectivity index (χ3n) is 6.85. The molecule has 7 nitrogen and oxygen atoms in total. The lowest BCUT2D eigenvalue weighted by atomic mass is 9.81. The molecule has 2 aromatic rings. The fourth-order valence-corrected chi connectivity index (χ4v) is 5.23. The zero-order chi connectivity index (χ0) is 21.6. The van der Waals surface area contributed by atoms with Gasteiger partial charge in [-0.25, -0.2) is 0 Å². The maximum Gasteiger partial charge on any atom is 0.239 e. The SMILES string of the molecule is COc1cc([C@@H]2C[C@](C)([NH+]3CCCC3)Oc3cc4c(cc32)OCO4)cc(OC)c1OC. The molecule has 2 atom stereocenters. The van der Waals surface area contributed by atoms with Gasteiger partial charge in [-0.15, -0.1) is 0 Å². The topological polar surface area (TPSA) is 59.8 Å². The fraction of sp³-hybridized carbons (Fsp3) is 0.500. The second-order valence-corrected chi connectivity index (χ2v) is 8.60. The molecular weight excluding hydrogens is 398 g/mol. The number of hydrogen-bond acceptors (Lipinski definition) is 6. The Morgan fingerprint density at radius 1 is 0.871 bits per heavy atom. The van der Waals surface area contributed by atoms with Gasteiger partial charge in [0, 0.05) is 37.3 Å². The van der Waals surface area contributed by atoms with Gasteiger partial charge in [0.1, 0.15) is 5.75 Å². The zero-order valence-electron chi connectivity index (χ0n) is 18.6. The number of fused-ring (bicyclic) bond motifs is 2. The van der Waals surface area contributed by atoms with Gasteiger partial charge in [0.05, 0.1) is 40.8 Å². The predicted molar refractivity (Wildman–Crippen MR) is 114 cm³/mol. The van der Waals surface area contributed by atoms with E-state index in [-0.39, 0.29) is 18.4 Å². The summed E-state index contributed by atoms with van der Waals surface area (Å²) < 4.78 is 34.8. The van der Waals surface area contributed by atoms with Gasteiger partial charge in [-0.2, -0.15) is 0 Å². The molecule has 0 aromatic heterocycles. The van der Waals surface area contributed by atoms with E-state index in [2.05, 4.69) is 13.0 Å². The quantitative estimate of drug-likeness (QED) is 0.790. The van der Waals surface area contributed by atoms with E-state index in [4.69, 9.17) is 28.4 Å². The summed E-state index contributed by atoms with van der Waals surface area (Å²) in [6.45, 7) is 4.71. The van der Waals surface area contributed by atoms with E-state index in [1.807, 2.05) is 18.2 Å². The molecule has 0 aliphatic carbocycles. The van der Waals surface area contributed by atoms with E-state index < -0.39 is 0 Å². The Kier molecular flexibility index (Phi) is 5.01. The van der Waals surface area contributed by atoms with Crippen molar-refractivity contribution in [2.24, 2.45) is 0 Å². The van der Waals surface area contributed by atoms with Gasteiger partial charge in [-0.1, -0.05) is 0 Å². The Hall–Kier alpha value is -2.80. The molecule has 31 heavy (non-hydrogen) atoms. The van der Waals surface area contributed by atoms with Gasteiger partial charge in [-0.05, 0) is 23.8 Å². The molecule has 0 saturated carbocycles. The summed E-state index contributed by atoms with van der Waals surface area (Å²) in [6.07, 6.45) is 3.31. The molecule has 1 saturated heterocycles. The molecule has 2 aromatic carbocycles. The lowest BCUT2D eigenvalue weighted by Crippen LogP contribution is -3.19. The molecule has 3 aliphatic heterocycles. The van der Waals surface area contributed by atoms with Crippen molar-refractivity contribution in [3.05, 3.63) is 35.4 Å². The van der Waals surface area contributed by atoms with Crippen molar-refractivity contribution in [1.29, 1.82) is 0 Å². The number of ether oxygens (including phenoxy) is 6. The minimum absolute atomic E-state index is 0.0880. The Morgan fingerprint density at radius 3 is 2.13 bits per heavy atom. The summed E-state index contributed by atoms with van der Waals surface area (Å²) in [5.41, 5.74) is 1.86. The molecule has 0 spiro atoms. The van der Waals surface area contributed by atoms with Gasteiger partial charge >= 0.3 is 0 Å². The maximum absolute atomic E-state index is 6.68. The van der Waals surface area contributed by atoms with Crippen LogP contribution >= 0.6 is 0 Å². The summed E-state index contributed by atoms with van der Waals surface area (Å²) in [7, 11) is 4.92. The van der Waals surface area contributed by atoms with Gasteiger partial charge in [0.2, 0.25) is 18.3 Å². The van der Waals surface area contributed by atoms with Crippen LogP contribution in [-0.2, 0) is 0 Å². The Morgan fingerprint density at radius 2 is 1.52 bits per heavy atom. The number of quaternary nitrogens is 1. The van der Waals surface area contributed by atoms with Crippen LogP contribution in [-0.4, -0.2) is 46.9 Å². The fourth-order valence-electron chi connectivity index (χ4n) is 5.23. The first kappa shape index (κ1) is 20.1. The first-order valence-electron chi connectivity index (χ1n) is 10.8. The third kappa shape index (κ3) is 3.31. The lowest BCUT2D eigenvalue weighted by molar-refractivity contribution is -0.962. The molecule has 3 heterocycles. The Labute approximate surface area is 182 Å². The maximum atomic E-state index is 6.68. The molecule has 0 unspecified atom stereocenters. The monoisotopic (exact) mass is 428 g/mol. The number of hydrogen-bond donors (Lipinski definition) is 1.